The van der Waals surface area contributed by atoms with Crippen molar-refractivity contribution < 1.29 is 19.5 Å². The number of nitrogens with one attached hydrogen (secondary N) is 1. The molecule has 1 saturated heterocycles. The predicted molar refractivity (Wildman–Crippen MR) is 69.4 cm³/mol. The zero-order chi connectivity index (χ0) is 14.3. The third-order valence-electron chi connectivity index (χ3n) is 3.04. The maximum atomic E-state index is 11.8. The lowest BCUT2D eigenvalue weighted by molar-refractivity contribution is -0.142. The molecule has 6 heteroatoms. The Bertz CT molecular complexity index is 368. The van der Waals surface area contributed by atoms with E-state index in [-0.39, 0.29) is 18.9 Å². The molecule has 0 saturated carbocycles. The summed E-state index contributed by atoms with van der Waals surface area (Å²) in [6.45, 7) is 3.94. The average Bonchev–Trinajstić information content (AvgIpc) is 2.54. The summed E-state index contributed by atoms with van der Waals surface area (Å²) in [6, 6.07) is -0.980. The molecule has 1 fully saturated rings. The molecule has 1 aliphatic heterocycles. The van der Waals surface area contributed by atoms with Gasteiger partial charge in [0.1, 0.15) is 6.04 Å². The van der Waals surface area contributed by atoms with Gasteiger partial charge in [-0.05, 0) is 19.3 Å². The molecule has 0 aromatic rings. The van der Waals surface area contributed by atoms with Crippen LogP contribution in [0.25, 0.3) is 0 Å². The fourth-order valence-electron chi connectivity index (χ4n) is 2.01. The third-order valence-corrected chi connectivity index (χ3v) is 3.04. The molecule has 1 unspecified atom stereocenters. The van der Waals surface area contributed by atoms with E-state index >= 15 is 0 Å². The summed E-state index contributed by atoms with van der Waals surface area (Å²) in [5.74, 6) is -1.58. The number of likely N-dealkylation sites (tertiary alicyclic amines) is 1. The van der Waals surface area contributed by atoms with Crippen molar-refractivity contribution in [2.24, 2.45) is 0 Å². The number of carbonyl (C=O) groups excluding carboxylic acids is 2. The summed E-state index contributed by atoms with van der Waals surface area (Å²) in [6.07, 6.45) is 4.78. The number of aliphatic carboxylic acids is 1. The van der Waals surface area contributed by atoms with Gasteiger partial charge in [-0.2, -0.15) is 0 Å². The Hall–Kier alpha value is -1.85. The average molecular weight is 268 g/mol. The number of nitrogens with zero attached hydrogens (tertiary/aromatic N) is 1. The van der Waals surface area contributed by atoms with Gasteiger partial charge in [0.25, 0.3) is 0 Å². The van der Waals surface area contributed by atoms with Crippen LogP contribution in [0.1, 0.15) is 32.1 Å². The van der Waals surface area contributed by atoms with Crippen LogP contribution in [0.15, 0.2) is 12.7 Å². The van der Waals surface area contributed by atoms with E-state index in [1.54, 1.807) is 0 Å². The van der Waals surface area contributed by atoms with Crippen LogP contribution in [0.4, 0.5) is 0 Å². The fourth-order valence-corrected chi connectivity index (χ4v) is 2.01. The summed E-state index contributed by atoms with van der Waals surface area (Å²) in [5.41, 5.74) is 0. The second-order valence-corrected chi connectivity index (χ2v) is 4.61. The van der Waals surface area contributed by atoms with E-state index < -0.39 is 17.9 Å². The van der Waals surface area contributed by atoms with E-state index in [0.717, 1.165) is 19.3 Å². The molecule has 0 spiro atoms. The Morgan fingerprint density at radius 2 is 2.16 bits per heavy atom. The van der Waals surface area contributed by atoms with Crippen LogP contribution >= 0.6 is 0 Å². The topological polar surface area (TPSA) is 86.7 Å². The van der Waals surface area contributed by atoms with Crippen LogP contribution in [0.2, 0.25) is 0 Å². The van der Waals surface area contributed by atoms with Gasteiger partial charge in [0, 0.05) is 13.0 Å². The Labute approximate surface area is 112 Å². The highest BCUT2D eigenvalue weighted by Gasteiger charge is 2.22. The number of rotatable bonds is 6. The van der Waals surface area contributed by atoms with Gasteiger partial charge in [-0.15, -0.1) is 6.58 Å². The van der Waals surface area contributed by atoms with Crippen LogP contribution in [-0.2, 0) is 14.4 Å². The monoisotopic (exact) mass is 268 g/mol. The highest BCUT2D eigenvalue weighted by atomic mass is 16.4. The molecule has 1 heterocycles. The highest BCUT2D eigenvalue weighted by molar-refractivity contribution is 5.88. The summed E-state index contributed by atoms with van der Waals surface area (Å²) >= 11 is 0. The molecule has 2 amide bonds. The van der Waals surface area contributed by atoms with Crippen molar-refractivity contribution in [3.8, 4) is 0 Å². The van der Waals surface area contributed by atoms with Crippen LogP contribution in [0, 0.1) is 0 Å². The molecule has 1 atom stereocenters. The van der Waals surface area contributed by atoms with Gasteiger partial charge >= 0.3 is 5.97 Å². The molecular weight excluding hydrogens is 248 g/mol. The number of carboxylic acids is 1. The van der Waals surface area contributed by atoms with E-state index in [2.05, 4.69) is 11.9 Å². The van der Waals surface area contributed by atoms with Crippen molar-refractivity contribution in [2.75, 3.05) is 13.1 Å². The lowest BCUT2D eigenvalue weighted by Crippen LogP contribution is -2.46. The lowest BCUT2D eigenvalue weighted by Gasteiger charge is -2.21. The van der Waals surface area contributed by atoms with E-state index in [1.807, 2.05) is 0 Å². The second-order valence-electron chi connectivity index (χ2n) is 4.61. The molecule has 0 radical (unpaired) electrons. The van der Waals surface area contributed by atoms with Crippen LogP contribution in [0.3, 0.4) is 0 Å². The largest absolute Gasteiger partial charge is 0.480 e. The van der Waals surface area contributed by atoms with Gasteiger partial charge in [-0.25, -0.2) is 4.79 Å². The minimum atomic E-state index is -1.10. The first-order chi connectivity index (χ1) is 9.04. The molecule has 0 aromatic heterocycles. The van der Waals surface area contributed by atoms with Crippen molar-refractivity contribution in [1.82, 2.24) is 10.2 Å². The van der Waals surface area contributed by atoms with Gasteiger partial charge in [0.15, 0.2) is 0 Å². The number of amides is 2. The normalized spacial score (nSPS) is 17.5. The van der Waals surface area contributed by atoms with Crippen molar-refractivity contribution in [3.63, 3.8) is 0 Å². The molecule has 0 aromatic carbocycles. The van der Waals surface area contributed by atoms with Gasteiger partial charge in [-0.3, -0.25) is 9.59 Å². The highest BCUT2D eigenvalue weighted by Crippen LogP contribution is 2.10. The minimum absolute atomic E-state index is 0.0387. The molecule has 106 valence electrons. The molecule has 1 rings (SSSR count). The first kappa shape index (κ1) is 15.2. The van der Waals surface area contributed by atoms with Gasteiger partial charge in [-0.1, -0.05) is 12.5 Å². The molecule has 1 aliphatic rings. The van der Waals surface area contributed by atoms with Crippen LogP contribution < -0.4 is 5.32 Å². The maximum absolute atomic E-state index is 11.8. The number of hydrogen-bond acceptors (Lipinski definition) is 3. The Morgan fingerprint density at radius 1 is 1.42 bits per heavy atom. The number of hydrogen-bond donors (Lipinski definition) is 2. The first-order valence-corrected chi connectivity index (χ1v) is 6.45. The molecule has 19 heavy (non-hydrogen) atoms. The number of carbonyl (C=O) groups is 3. The predicted octanol–water partition coefficient (Wildman–Crippen LogP) is 0.534. The summed E-state index contributed by atoms with van der Waals surface area (Å²) in [4.78, 5) is 35.9. The lowest BCUT2D eigenvalue weighted by atomic mass is 10.2. The SMILES string of the molecule is C=CCC(NC(=O)CN1CCCCCC1=O)C(=O)O. The zero-order valence-corrected chi connectivity index (χ0v) is 10.9. The van der Waals surface area contributed by atoms with Crippen molar-refractivity contribution in [1.29, 1.82) is 0 Å². The first-order valence-electron chi connectivity index (χ1n) is 6.45. The van der Waals surface area contributed by atoms with Gasteiger partial charge < -0.3 is 15.3 Å². The van der Waals surface area contributed by atoms with Crippen molar-refractivity contribution >= 4 is 17.8 Å². The quantitative estimate of drug-likeness (QED) is 0.688. The summed E-state index contributed by atoms with van der Waals surface area (Å²) < 4.78 is 0. The fraction of sp³-hybridized carbons (Fsp3) is 0.615. The van der Waals surface area contributed by atoms with E-state index in [9.17, 15) is 14.4 Å². The van der Waals surface area contributed by atoms with Gasteiger partial charge in [0.05, 0.1) is 6.54 Å². The van der Waals surface area contributed by atoms with Crippen LogP contribution in [0.5, 0.6) is 0 Å². The molecule has 0 aliphatic carbocycles. The Balaban J connectivity index is 2.50. The zero-order valence-electron chi connectivity index (χ0n) is 10.9. The smallest absolute Gasteiger partial charge is 0.326 e. The Morgan fingerprint density at radius 3 is 2.79 bits per heavy atom. The van der Waals surface area contributed by atoms with Gasteiger partial charge in [0.2, 0.25) is 11.8 Å². The van der Waals surface area contributed by atoms with E-state index in [4.69, 9.17) is 5.11 Å². The third kappa shape index (κ3) is 5.11. The standard InChI is InChI=1S/C13H20N2O4/c1-2-6-10(13(18)19)14-11(16)9-15-8-5-3-4-7-12(15)17/h2,10H,1,3-9H2,(H,14,16)(H,18,19). The Kier molecular flexibility index (Phi) is 6.05. The molecule has 6 nitrogen and oxygen atoms in total. The van der Waals surface area contributed by atoms with Crippen molar-refractivity contribution in [2.45, 2.75) is 38.1 Å². The second kappa shape index (κ2) is 7.56. The minimum Gasteiger partial charge on any atom is -0.480 e. The maximum Gasteiger partial charge on any atom is 0.326 e. The van der Waals surface area contributed by atoms with E-state index in [1.165, 1.54) is 11.0 Å². The molecule has 0 bridgehead atoms. The van der Waals surface area contributed by atoms with Crippen LogP contribution in [-0.4, -0.2) is 46.9 Å². The van der Waals surface area contributed by atoms with E-state index in [0.29, 0.717) is 13.0 Å². The molecule has 2 N–H and O–H groups in total. The summed E-state index contributed by atoms with van der Waals surface area (Å²) in [5, 5.41) is 11.3. The van der Waals surface area contributed by atoms with Crippen molar-refractivity contribution in [3.05, 3.63) is 12.7 Å². The summed E-state index contributed by atoms with van der Waals surface area (Å²) in [7, 11) is 0. The number of carboxylic acid groups (broad SMARTS) is 1. The molecular formula is C13H20N2O4.